The van der Waals surface area contributed by atoms with Crippen LogP contribution in [0.2, 0.25) is 0 Å². The second-order valence-corrected chi connectivity index (χ2v) is 5.65. The zero-order valence-corrected chi connectivity index (χ0v) is 12.1. The van der Waals surface area contributed by atoms with Crippen LogP contribution in [0.4, 0.5) is 14.9 Å². The summed E-state index contributed by atoms with van der Waals surface area (Å²) in [5.74, 6) is -0.554. The number of rotatable bonds is 3. The van der Waals surface area contributed by atoms with Crippen molar-refractivity contribution in [2.45, 2.75) is 45.4 Å². The first kappa shape index (κ1) is 16.2. The SMILES string of the molecule is CC(O)C(NC(=O)OC(C)(C)C)c1cc(N)ccc1F. The first-order valence-electron chi connectivity index (χ1n) is 6.32. The predicted octanol–water partition coefficient (Wildman–Crippen LogP) is 2.35. The lowest BCUT2D eigenvalue weighted by Gasteiger charge is -2.25. The van der Waals surface area contributed by atoms with Crippen LogP contribution in [0.3, 0.4) is 0 Å². The Bertz CT molecular complexity index is 484. The Morgan fingerprint density at radius 1 is 1.45 bits per heavy atom. The molecule has 0 spiro atoms. The molecule has 0 fully saturated rings. The Kier molecular flexibility index (Phi) is 4.94. The van der Waals surface area contributed by atoms with E-state index in [4.69, 9.17) is 10.5 Å². The highest BCUT2D eigenvalue weighted by atomic mass is 19.1. The minimum atomic E-state index is -1.00. The molecule has 0 radical (unpaired) electrons. The van der Waals surface area contributed by atoms with E-state index in [1.807, 2.05) is 0 Å². The average molecular weight is 284 g/mol. The van der Waals surface area contributed by atoms with Crippen molar-refractivity contribution in [1.82, 2.24) is 5.32 Å². The van der Waals surface area contributed by atoms with Gasteiger partial charge in [0.15, 0.2) is 0 Å². The second kappa shape index (κ2) is 6.09. The summed E-state index contributed by atoms with van der Waals surface area (Å²) >= 11 is 0. The van der Waals surface area contributed by atoms with Crippen molar-refractivity contribution in [2.75, 3.05) is 5.73 Å². The van der Waals surface area contributed by atoms with Gasteiger partial charge >= 0.3 is 6.09 Å². The highest BCUT2D eigenvalue weighted by Crippen LogP contribution is 2.23. The molecule has 0 aliphatic rings. The highest BCUT2D eigenvalue weighted by molar-refractivity contribution is 5.68. The van der Waals surface area contributed by atoms with Crippen LogP contribution < -0.4 is 11.1 Å². The van der Waals surface area contributed by atoms with Crippen LogP contribution in [0.1, 0.15) is 39.3 Å². The van der Waals surface area contributed by atoms with E-state index in [-0.39, 0.29) is 5.56 Å². The van der Waals surface area contributed by atoms with E-state index in [1.165, 1.54) is 25.1 Å². The van der Waals surface area contributed by atoms with E-state index in [2.05, 4.69) is 5.32 Å². The fourth-order valence-corrected chi connectivity index (χ4v) is 1.69. The maximum atomic E-state index is 13.8. The summed E-state index contributed by atoms with van der Waals surface area (Å²) in [6.07, 6.45) is -1.73. The van der Waals surface area contributed by atoms with Crippen LogP contribution in [-0.4, -0.2) is 22.9 Å². The number of nitrogens with one attached hydrogen (secondary N) is 1. The van der Waals surface area contributed by atoms with Crippen molar-refractivity contribution in [3.05, 3.63) is 29.6 Å². The lowest BCUT2D eigenvalue weighted by Crippen LogP contribution is -2.39. The number of ether oxygens (including phenoxy) is 1. The monoisotopic (exact) mass is 284 g/mol. The number of alkyl carbamates (subject to hydrolysis) is 1. The number of anilines is 1. The number of carbonyl (C=O) groups is 1. The molecule has 0 saturated carbocycles. The zero-order valence-electron chi connectivity index (χ0n) is 12.1. The van der Waals surface area contributed by atoms with Crippen molar-refractivity contribution < 1.29 is 19.0 Å². The fraction of sp³-hybridized carbons (Fsp3) is 0.500. The number of benzene rings is 1. The average Bonchev–Trinajstić information content (AvgIpc) is 2.27. The molecule has 0 aliphatic carbocycles. The molecule has 20 heavy (non-hydrogen) atoms. The smallest absolute Gasteiger partial charge is 0.408 e. The number of carbonyl (C=O) groups excluding carboxylic acids is 1. The van der Waals surface area contributed by atoms with E-state index in [9.17, 15) is 14.3 Å². The molecule has 4 N–H and O–H groups in total. The van der Waals surface area contributed by atoms with Gasteiger partial charge in [-0.2, -0.15) is 0 Å². The van der Waals surface area contributed by atoms with E-state index in [0.717, 1.165) is 0 Å². The number of halogens is 1. The first-order chi connectivity index (χ1) is 9.10. The number of nitrogens with two attached hydrogens (primary N) is 1. The number of hydrogen-bond donors (Lipinski definition) is 3. The molecule has 2 atom stereocenters. The molecule has 6 heteroatoms. The topological polar surface area (TPSA) is 84.6 Å². The van der Waals surface area contributed by atoms with E-state index in [0.29, 0.717) is 5.69 Å². The summed E-state index contributed by atoms with van der Waals surface area (Å²) in [5.41, 5.74) is 5.39. The van der Waals surface area contributed by atoms with Crippen LogP contribution in [0.5, 0.6) is 0 Å². The first-order valence-corrected chi connectivity index (χ1v) is 6.32. The fourth-order valence-electron chi connectivity index (χ4n) is 1.69. The van der Waals surface area contributed by atoms with Crippen molar-refractivity contribution in [2.24, 2.45) is 0 Å². The van der Waals surface area contributed by atoms with E-state index in [1.54, 1.807) is 20.8 Å². The highest BCUT2D eigenvalue weighted by Gasteiger charge is 2.25. The molecule has 0 heterocycles. The molecular weight excluding hydrogens is 263 g/mol. The van der Waals surface area contributed by atoms with Crippen LogP contribution >= 0.6 is 0 Å². The minimum Gasteiger partial charge on any atom is -0.444 e. The van der Waals surface area contributed by atoms with Gasteiger partial charge in [-0.3, -0.25) is 0 Å². The molecule has 2 unspecified atom stereocenters. The third kappa shape index (κ3) is 4.70. The Morgan fingerprint density at radius 3 is 2.55 bits per heavy atom. The number of aliphatic hydroxyl groups excluding tert-OH is 1. The van der Waals surface area contributed by atoms with Crippen molar-refractivity contribution in [3.63, 3.8) is 0 Å². The number of hydrogen-bond acceptors (Lipinski definition) is 4. The van der Waals surface area contributed by atoms with Crippen molar-refractivity contribution in [3.8, 4) is 0 Å². The number of amides is 1. The van der Waals surface area contributed by atoms with Gasteiger partial charge in [-0.15, -0.1) is 0 Å². The van der Waals surface area contributed by atoms with Gasteiger partial charge in [0.2, 0.25) is 0 Å². The lowest BCUT2D eigenvalue weighted by molar-refractivity contribution is 0.0433. The second-order valence-electron chi connectivity index (χ2n) is 5.65. The van der Waals surface area contributed by atoms with Gasteiger partial charge in [0, 0.05) is 11.3 Å². The summed E-state index contributed by atoms with van der Waals surface area (Å²) in [7, 11) is 0. The van der Waals surface area contributed by atoms with E-state index >= 15 is 0 Å². The van der Waals surface area contributed by atoms with Gasteiger partial charge in [0.25, 0.3) is 0 Å². The zero-order chi connectivity index (χ0) is 15.5. The molecule has 1 rings (SSSR count). The maximum Gasteiger partial charge on any atom is 0.408 e. The van der Waals surface area contributed by atoms with Crippen molar-refractivity contribution >= 4 is 11.8 Å². The van der Waals surface area contributed by atoms with Gasteiger partial charge in [0.1, 0.15) is 11.4 Å². The van der Waals surface area contributed by atoms with Gasteiger partial charge in [0.05, 0.1) is 12.1 Å². The van der Waals surface area contributed by atoms with Gasteiger partial charge < -0.3 is 20.9 Å². The molecular formula is C14H21FN2O3. The third-order valence-electron chi connectivity index (χ3n) is 2.51. The Balaban J connectivity index is 2.95. The minimum absolute atomic E-state index is 0.117. The molecule has 0 aromatic heterocycles. The van der Waals surface area contributed by atoms with E-state index < -0.39 is 29.7 Å². The Labute approximate surface area is 117 Å². The summed E-state index contributed by atoms with van der Waals surface area (Å²) in [4.78, 5) is 11.7. The lowest BCUT2D eigenvalue weighted by atomic mass is 10.0. The van der Waals surface area contributed by atoms with Gasteiger partial charge in [-0.25, -0.2) is 9.18 Å². The summed E-state index contributed by atoms with van der Waals surface area (Å²) in [6.45, 7) is 6.59. The van der Waals surface area contributed by atoms with Crippen LogP contribution in [-0.2, 0) is 4.74 Å². The predicted molar refractivity (Wildman–Crippen MR) is 74.6 cm³/mol. The maximum absolute atomic E-state index is 13.8. The van der Waals surface area contributed by atoms with Crippen LogP contribution in [0, 0.1) is 5.82 Å². The summed E-state index contributed by atoms with van der Waals surface area (Å²) in [5, 5.41) is 12.2. The molecule has 1 aromatic rings. The molecule has 5 nitrogen and oxygen atoms in total. The molecule has 0 aliphatic heterocycles. The number of aliphatic hydroxyl groups is 1. The molecule has 0 saturated heterocycles. The Hall–Kier alpha value is -1.82. The molecule has 0 bridgehead atoms. The molecule has 112 valence electrons. The van der Waals surface area contributed by atoms with Crippen LogP contribution in [0.15, 0.2) is 18.2 Å². The molecule has 1 aromatic carbocycles. The van der Waals surface area contributed by atoms with Crippen LogP contribution in [0.25, 0.3) is 0 Å². The quantitative estimate of drug-likeness (QED) is 0.744. The normalized spacial score (nSPS) is 14.5. The summed E-state index contributed by atoms with van der Waals surface area (Å²) in [6, 6.07) is 3.04. The Morgan fingerprint density at radius 2 is 2.05 bits per heavy atom. The number of nitrogen functional groups attached to an aromatic ring is 1. The summed E-state index contributed by atoms with van der Waals surface area (Å²) < 4.78 is 18.9. The van der Waals surface area contributed by atoms with Gasteiger partial charge in [-0.1, -0.05) is 0 Å². The largest absolute Gasteiger partial charge is 0.444 e. The molecule has 1 amide bonds. The third-order valence-corrected chi connectivity index (χ3v) is 2.51. The van der Waals surface area contributed by atoms with Gasteiger partial charge in [-0.05, 0) is 45.9 Å². The standard InChI is InChI=1S/C14H21FN2O3/c1-8(18)12(17-13(19)20-14(2,3)4)10-7-9(16)5-6-11(10)15/h5-8,12,18H,16H2,1-4H3,(H,17,19). The van der Waals surface area contributed by atoms with Crippen molar-refractivity contribution in [1.29, 1.82) is 0 Å².